The number of halogens is 1. The van der Waals surface area contributed by atoms with Crippen LogP contribution < -0.4 is 10.6 Å². The van der Waals surface area contributed by atoms with Crippen LogP contribution in [0.25, 0.3) is 0 Å². The molecule has 1 heterocycles. The number of rotatable bonds is 3. The number of phenols is 1. The van der Waals surface area contributed by atoms with Crippen LogP contribution >= 0.6 is 11.6 Å². The Bertz CT molecular complexity index is 465. The highest BCUT2D eigenvalue weighted by Crippen LogP contribution is 2.22. The Morgan fingerprint density at radius 3 is 3.11 bits per heavy atom. The van der Waals surface area contributed by atoms with E-state index in [2.05, 4.69) is 17.6 Å². The zero-order valence-corrected chi connectivity index (χ0v) is 11.7. The van der Waals surface area contributed by atoms with Gasteiger partial charge in [0.2, 0.25) is 0 Å². The van der Waals surface area contributed by atoms with Crippen LogP contribution in [0.2, 0.25) is 5.02 Å². The highest BCUT2D eigenvalue weighted by atomic mass is 35.5. The number of amides is 1. The van der Waals surface area contributed by atoms with Gasteiger partial charge in [0.25, 0.3) is 5.91 Å². The Morgan fingerprint density at radius 1 is 1.58 bits per heavy atom. The molecule has 1 aliphatic rings. The topological polar surface area (TPSA) is 61.4 Å². The highest BCUT2D eigenvalue weighted by molar-refractivity contribution is 6.33. The Kier molecular flexibility index (Phi) is 4.66. The Hall–Kier alpha value is -1.26. The molecule has 1 saturated heterocycles. The molecule has 5 heteroatoms. The fourth-order valence-electron chi connectivity index (χ4n) is 2.38. The van der Waals surface area contributed by atoms with Crippen molar-refractivity contribution in [1.29, 1.82) is 0 Å². The van der Waals surface area contributed by atoms with E-state index in [0.29, 0.717) is 29.0 Å². The summed E-state index contributed by atoms with van der Waals surface area (Å²) >= 11 is 5.96. The lowest BCUT2D eigenvalue weighted by Crippen LogP contribution is -2.41. The summed E-state index contributed by atoms with van der Waals surface area (Å²) in [4.78, 5) is 12.0. The first-order valence-electron chi connectivity index (χ1n) is 6.55. The number of piperidine rings is 1. The van der Waals surface area contributed by atoms with Gasteiger partial charge in [-0.2, -0.15) is 0 Å². The van der Waals surface area contributed by atoms with E-state index in [1.807, 2.05) is 0 Å². The molecule has 0 radical (unpaired) electrons. The van der Waals surface area contributed by atoms with Crippen molar-refractivity contribution < 1.29 is 9.90 Å². The van der Waals surface area contributed by atoms with Gasteiger partial charge in [0.15, 0.2) is 0 Å². The summed E-state index contributed by atoms with van der Waals surface area (Å²) in [5.74, 6) is 0.853. The standard InChI is InChI=1S/C14H19ClN2O2/c1-9-7-16-5-4-10(9)8-17-14(19)12-6-11(18)2-3-13(12)15/h2-3,6,9-10,16,18H,4-5,7-8H2,1H3,(H,17,19). The molecule has 1 aliphatic heterocycles. The molecule has 1 fully saturated rings. The fourth-order valence-corrected chi connectivity index (χ4v) is 2.58. The van der Waals surface area contributed by atoms with E-state index in [9.17, 15) is 9.90 Å². The van der Waals surface area contributed by atoms with Crippen LogP contribution in [0.3, 0.4) is 0 Å². The molecule has 1 aromatic rings. The van der Waals surface area contributed by atoms with E-state index in [4.69, 9.17) is 11.6 Å². The number of nitrogens with one attached hydrogen (secondary N) is 2. The van der Waals surface area contributed by atoms with Gasteiger partial charge in [-0.05, 0) is 49.5 Å². The second-order valence-electron chi connectivity index (χ2n) is 5.10. The van der Waals surface area contributed by atoms with Gasteiger partial charge in [0.1, 0.15) is 5.75 Å². The Morgan fingerprint density at radius 2 is 2.37 bits per heavy atom. The van der Waals surface area contributed by atoms with Crippen molar-refractivity contribution in [3.8, 4) is 5.75 Å². The van der Waals surface area contributed by atoms with E-state index in [-0.39, 0.29) is 11.7 Å². The second-order valence-corrected chi connectivity index (χ2v) is 5.51. The van der Waals surface area contributed by atoms with Crippen LogP contribution in [-0.4, -0.2) is 30.6 Å². The molecule has 1 aromatic carbocycles. The van der Waals surface area contributed by atoms with E-state index >= 15 is 0 Å². The summed E-state index contributed by atoms with van der Waals surface area (Å²) in [6.07, 6.45) is 1.06. The number of hydrogen-bond acceptors (Lipinski definition) is 3. The normalized spacial score (nSPS) is 23.1. The summed E-state index contributed by atoms with van der Waals surface area (Å²) < 4.78 is 0. The van der Waals surface area contributed by atoms with Crippen LogP contribution in [0.1, 0.15) is 23.7 Å². The van der Waals surface area contributed by atoms with Gasteiger partial charge in [-0.25, -0.2) is 0 Å². The fraction of sp³-hybridized carbons (Fsp3) is 0.500. The predicted molar refractivity (Wildman–Crippen MR) is 75.6 cm³/mol. The van der Waals surface area contributed by atoms with Crippen molar-refractivity contribution in [2.24, 2.45) is 11.8 Å². The lowest BCUT2D eigenvalue weighted by atomic mass is 9.88. The number of hydrogen-bond donors (Lipinski definition) is 3. The maximum absolute atomic E-state index is 12.0. The third-order valence-corrected chi connectivity index (χ3v) is 4.01. The zero-order valence-electron chi connectivity index (χ0n) is 10.9. The molecule has 0 aromatic heterocycles. The average molecular weight is 283 g/mol. The molecule has 4 nitrogen and oxygen atoms in total. The molecule has 2 atom stereocenters. The molecule has 19 heavy (non-hydrogen) atoms. The van der Waals surface area contributed by atoms with Crippen molar-refractivity contribution in [1.82, 2.24) is 10.6 Å². The average Bonchev–Trinajstić information content (AvgIpc) is 2.40. The summed E-state index contributed by atoms with van der Waals surface area (Å²) in [6.45, 7) is 4.82. The molecule has 2 unspecified atom stereocenters. The minimum absolute atomic E-state index is 0.0461. The molecule has 0 saturated carbocycles. The van der Waals surface area contributed by atoms with Crippen LogP contribution in [0.5, 0.6) is 5.75 Å². The third-order valence-electron chi connectivity index (χ3n) is 3.68. The zero-order chi connectivity index (χ0) is 13.8. The maximum Gasteiger partial charge on any atom is 0.252 e. The van der Waals surface area contributed by atoms with Gasteiger partial charge in [0.05, 0.1) is 10.6 Å². The van der Waals surface area contributed by atoms with E-state index < -0.39 is 0 Å². The van der Waals surface area contributed by atoms with Crippen molar-refractivity contribution in [2.75, 3.05) is 19.6 Å². The first kappa shape index (κ1) is 14.2. The smallest absolute Gasteiger partial charge is 0.252 e. The van der Waals surface area contributed by atoms with Crippen molar-refractivity contribution >= 4 is 17.5 Å². The van der Waals surface area contributed by atoms with Gasteiger partial charge in [-0.1, -0.05) is 18.5 Å². The van der Waals surface area contributed by atoms with E-state index in [0.717, 1.165) is 19.5 Å². The quantitative estimate of drug-likeness (QED) is 0.795. The lowest BCUT2D eigenvalue weighted by Gasteiger charge is -2.29. The number of carbonyl (C=O) groups is 1. The molecule has 0 aliphatic carbocycles. The molecule has 104 valence electrons. The monoisotopic (exact) mass is 282 g/mol. The number of aromatic hydroxyl groups is 1. The number of phenolic OH excluding ortho intramolecular Hbond substituents is 1. The number of carbonyl (C=O) groups excluding carboxylic acids is 1. The van der Waals surface area contributed by atoms with Crippen LogP contribution in [0, 0.1) is 11.8 Å². The highest BCUT2D eigenvalue weighted by Gasteiger charge is 2.22. The molecule has 0 spiro atoms. The number of benzene rings is 1. The minimum Gasteiger partial charge on any atom is -0.508 e. The van der Waals surface area contributed by atoms with E-state index in [1.54, 1.807) is 0 Å². The molecular weight excluding hydrogens is 264 g/mol. The van der Waals surface area contributed by atoms with Gasteiger partial charge >= 0.3 is 0 Å². The maximum atomic E-state index is 12.0. The van der Waals surface area contributed by atoms with Crippen molar-refractivity contribution in [3.05, 3.63) is 28.8 Å². The summed E-state index contributed by atoms with van der Waals surface area (Å²) in [5.41, 5.74) is 0.322. The van der Waals surface area contributed by atoms with Gasteiger partial charge in [-0.3, -0.25) is 4.79 Å². The molecule has 1 amide bonds. The minimum atomic E-state index is -0.230. The largest absolute Gasteiger partial charge is 0.508 e. The summed E-state index contributed by atoms with van der Waals surface area (Å²) in [5, 5.41) is 16.0. The molecule has 3 N–H and O–H groups in total. The van der Waals surface area contributed by atoms with E-state index in [1.165, 1.54) is 18.2 Å². The van der Waals surface area contributed by atoms with Gasteiger partial charge < -0.3 is 15.7 Å². The summed E-state index contributed by atoms with van der Waals surface area (Å²) in [7, 11) is 0. The van der Waals surface area contributed by atoms with Crippen molar-refractivity contribution in [2.45, 2.75) is 13.3 Å². The van der Waals surface area contributed by atoms with Gasteiger partial charge in [0, 0.05) is 6.54 Å². The third kappa shape index (κ3) is 3.61. The Balaban J connectivity index is 1.95. The van der Waals surface area contributed by atoms with Crippen LogP contribution in [0.4, 0.5) is 0 Å². The van der Waals surface area contributed by atoms with Crippen LogP contribution in [-0.2, 0) is 0 Å². The van der Waals surface area contributed by atoms with Gasteiger partial charge in [-0.15, -0.1) is 0 Å². The predicted octanol–water partition coefficient (Wildman–Crippen LogP) is 2.02. The SMILES string of the molecule is CC1CNCCC1CNC(=O)c1cc(O)ccc1Cl. The molecular formula is C14H19ClN2O2. The molecule has 0 bridgehead atoms. The first-order valence-corrected chi connectivity index (χ1v) is 6.93. The summed E-state index contributed by atoms with van der Waals surface area (Å²) in [6, 6.07) is 4.39. The first-order chi connectivity index (χ1) is 9.08. The second kappa shape index (κ2) is 6.26. The van der Waals surface area contributed by atoms with Crippen LogP contribution in [0.15, 0.2) is 18.2 Å². The molecule has 2 rings (SSSR count). The van der Waals surface area contributed by atoms with Crippen molar-refractivity contribution in [3.63, 3.8) is 0 Å². The Labute approximate surface area is 118 Å². The lowest BCUT2D eigenvalue weighted by molar-refractivity contribution is 0.0938.